The number of aryl methyl sites for hydroxylation is 1. The number of nitrogens with one attached hydrogen (secondary N) is 1. The quantitative estimate of drug-likeness (QED) is 0.663. The van der Waals surface area contributed by atoms with E-state index in [9.17, 15) is 4.79 Å². The van der Waals surface area contributed by atoms with E-state index in [1.54, 1.807) is 6.33 Å². The molecule has 1 aliphatic rings. The molecule has 4 heteroatoms. The molecule has 13 heavy (non-hydrogen) atoms. The Balaban J connectivity index is 2.19. The number of piperidine rings is 1. The molecule has 4 nitrogen and oxygen atoms in total. The minimum absolute atomic E-state index is 0.0325. The van der Waals surface area contributed by atoms with Crippen LogP contribution in [0.2, 0.25) is 0 Å². The maximum absolute atomic E-state index is 11.5. The molecule has 1 unspecified atom stereocenters. The normalized spacial score (nSPS) is 23.5. The van der Waals surface area contributed by atoms with Crippen molar-refractivity contribution in [3.8, 4) is 0 Å². The van der Waals surface area contributed by atoms with Crippen molar-refractivity contribution >= 4 is 5.78 Å². The lowest BCUT2D eigenvalue weighted by molar-refractivity contribution is -0.121. The maximum atomic E-state index is 11.5. The molecule has 2 rings (SSSR count). The summed E-state index contributed by atoms with van der Waals surface area (Å²) in [5.74, 6) is 0.271. The van der Waals surface area contributed by atoms with E-state index in [1.807, 2.05) is 17.8 Å². The van der Waals surface area contributed by atoms with Gasteiger partial charge in [-0.3, -0.25) is 4.79 Å². The second-order valence-corrected chi connectivity index (χ2v) is 3.44. The monoisotopic (exact) mass is 179 g/mol. The number of hydrogen-bond acceptors (Lipinski definition) is 3. The number of rotatable bonds is 1. The van der Waals surface area contributed by atoms with Crippen molar-refractivity contribution < 1.29 is 4.79 Å². The van der Waals surface area contributed by atoms with Crippen LogP contribution in [0.1, 0.15) is 18.0 Å². The minimum Gasteiger partial charge on any atom is -0.340 e. The third kappa shape index (κ3) is 1.62. The summed E-state index contributed by atoms with van der Waals surface area (Å²) in [5.41, 5.74) is 0.889. The number of imidazole rings is 1. The predicted octanol–water partition coefficient (Wildman–Crippen LogP) is 0.0661. The van der Waals surface area contributed by atoms with Crippen LogP contribution in [0, 0.1) is 0 Å². The van der Waals surface area contributed by atoms with Crippen molar-refractivity contribution in [2.45, 2.75) is 12.3 Å². The zero-order valence-electron chi connectivity index (χ0n) is 7.66. The van der Waals surface area contributed by atoms with Gasteiger partial charge in [0.25, 0.3) is 0 Å². The molecule has 1 saturated heterocycles. The summed E-state index contributed by atoms with van der Waals surface area (Å²) in [4.78, 5) is 15.7. The summed E-state index contributed by atoms with van der Waals surface area (Å²) in [6.07, 6.45) is 4.27. The van der Waals surface area contributed by atoms with E-state index < -0.39 is 0 Å². The minimum atomic E-state index is -0.0325. The molecule has 1 atom stereocenters. The van der Waals surface area contributed by atoms with Crippen LogP contribution in [0.4, 0.5) is 0 Å². The third-order valence-corrected chi connectivity index (χ3v) is 2.37. The van der Waals surface area contributed by atoms with Gasteiger partial charge in [-0.2, -0.15) is 0 Å². The topological polar surface area (TPSA) is 46.9 Å². The molecule has 1 aromatic rings. The van der Waals surface area contributed by atoms with E-state index in [1.165, 1.54) is 0 Å². The Kier molecular flexibility index (Phi) is 2.14. The standard InChI is InChI=1S/C9H13N3O/c1-12-5-8(11-6-12)7-4-10-3-2-9(7)13/h5-7,10H,2-4H2,1H3. The first-order chi connectivity index (χ1) is 6.27. The molecule has 70 valence electrons. The second kappa shape index (κ2) is 3.30. The van der Waals surface area contributed by atoms with E-state index in [4.69, 9.17) is 0 Å². The van der Waals surface area contributed by atoms with Crippen LogP contribution in [0.25, 0.3) is 0 Å². The molecule has 0 saturated carbocycles. The van der Waals surface area contributed by atoms with Gasteiger partial charge in [-0.25, -0.2) is 4.98 Å². The summed E-state index contributed by atoms with van der Waals surface area (Å²) in [5, 5.41) is 3.20. The van der Waals surface area contributed by atoms with Crippen molar-refractivity contribution in [2.24, 2.45) is 7.05 Å². The van der Waals surface area contributed by atoms with Gasteiger partial charge in [0.05, 0.1) is 17.9 Å². The molecule has 0 radical (unpaired) electrons. The highest BCUT2D eigenvalue weighted by Gasteiger charge is 2.25. The fourth-order valence-corrected chi connectivity index (χ4v) is 1.63. The molecule has 0 amide bonds. The average molecular weight is 179 g/mol. The largest absolute Gasteiger partial charge is 0.340 e. The molecule has 0 bridgehead atoms. The second-order valence-electron chi connectivity index (χ2n) is 3.44. The Morgan fingerprint density at radius 2 is 2.54 bits per heavy atom. The van der Waals surface area contributed by atoms with Crippen LogP contribution in [-0.4, -0.2) is 28.4 Å². The molecule has 2 heterocycles. The Morgan fingerprint density at radius 1 is 1.69 bits per heavy atom. The lowest BCUT2D eigenvalue weighted by Crippen LogP contribution is -2.35. The predicted molar refractivity (Wildman–Crippen MR) is 48.4 cm³/mol. The van der Waals surface area contributed by atoms with Gasteiger partial charge in [-0.05, 0) is 0 Å². The maximum Gasteiger partial charge on any atom is 0.144 e. The van der Waals surface area contributed by atoms with E-state index in [0.29, 0.717) is 12.2 Å². The highest BCUT2D eigenvalue weighted by molar-refractivity contribution is 5.86. The van der Waals surface area contributed by atoms with Crippen LogP contribution < -0.4 is 5.32 Å². The zero-order valence-corrected chi connectivity index (χ0v) is 7.66. The number of Topliss-reactive ketones (excluding diaryl/α,β-unsaturated/α-hetero) is 1. The van der Waals surface area contributed by atoms with Gasteiger partial charge in [-0.1, -0.05) is 0 Å². The van der Waals surface area contributed by atoms with Crippen LogP contribution in [0.5, 0.6) is 0 Å². The molecule has 0 spiro atoms. The Labute approximate surface area is 77.0 Å². The van der Waals surface area contributed by atoms with Gasteiger partial charge in [0.2, 0.25) is 0 Å². The smallest absolute Gasteiger partial charge is 0.144 e. The van der Waals surface area contributed by atoms with Crippen molar-refractivity contribution in [3.05, 3.63) is 18.2 Å². The highest BCUT2D eigenvalue weighted by atomic mass is 16.1. The van der Waals surface area contributed by atoms with Crippen LogP contribution in [0.3, 0.4) is 0 Å². The Morgan fingerprint density at radius 3 is 3.15 bits per heavy atom. The van der Waals surface area contributed by atoms with Gasteiger partial charge < -0.3 is 9.88 Å². The number of nitrogens with zero attached hydrogens (tertiary/aromatic N) is 2. The summed E-state index contributed by atoms with van der Waals surface area (Å²) >= 11 is 0. The third-order valence-electron chi connectivity index (χ3n) is 2.37. The fraction of sp³-hybridized carbons (Fsp3) is 0.556. The van der Waals surface area contributed by atoms with Gasteiger partial charge >= 0.3 is 0 Å². The van der Waals surface area contributed by atoms with Crippen molar-refractivity contribution in [1.82, 2.24) is 14.9 Å². The molecule has 1 aliphatic heterocycles. The highest BCUT2D eigenvalue weighted by Crippen LogP contribution is 2.17. The first-order valence-corrected chi connectivity index (χ1v) is 4.48. The zero-order chi connectivity index (χ0) is 9.26. The number of carbonyl (C=O) groups excluding carboxylic acids is 1. The first-order valence-electron chi connectivity index (χ1n) is 4.48. The average Bonchev–Trinajstić information content (AvgIpc) is 2.53. The van der Waals surface area contributed by atoms with Crippen molar-refractivity contribution in [3.63, 3.8) is 0 Å². The SMILES string of the molecule is Cn1cnc(C2CNCCC2=O)c1. The first kappa shape index (κ1) is 8.44. The van der Waals surface area contributed by atoms with Gasteiger partial charge in [0, 0.05) is 32.8 Å². The Hall–Kier alpha value is -1.16. The van der Waals surface area contributed by atoms with E-state index in [0.717, 1.165) is 18.8 Å². The van der Waals surface area contributed by atoms with E-state index in [-0.39, 0.29) is 5.92 Å². The fourth-order valence-electron chi connectivity index (χ4n) is 1.63. The molecular weight excluding hydrogens is 166 g/mol. The molecule has 1 aromatic heterocycles. The molecule has 0 aliphatic carbocycles. The van der Waals surface area contributed by atoms with Gasteiger partial charge in [0.1, 0.15) is 5.78 Å². The van der Waals surface area contributed by atoms with E-state index >= 15 is 0 Å². The van der Waals surface area contributed by atoms with Gasteiger partial charge in [-0.15, -0.1) is 0 Å². The summed E-state index contributed by atoms with van der Waals surface area (Å²) in [7, 11) is 1.91. The lowest BCUT2D eigenvalue weighted by Gasteiger charge is -2.19. The van der Waals surface area contributed by atoms with Crippen LogP contribution in [-0.2, 0) is 11.8 Å². The van der Waals surface area contributed by atoms with Crippen LogP contribution in [0.15, 0.2) is 12.5 Å². The number of carbonyl (C=O) groups is 1. The lowest BCUT2D eigenvalue weighted by atomic mass is 9.95. The number of hydrogen-bond donors (Lipinski definition) is 1. The van der Waals surface area contributed by atoms with Crippen LogP contribution >= 0.6 is 0 Å². The summed E-state index contributed by atoms with van der Waals surface area (Å²) < 4.78 is 1.87. The van der Waals surface area contributed by atoms with Crippen molar-refractivity contribution in [1.29, 1.82) is 0 Å². The van der Waals surface area contributed by atoms with E-state index in [2.05, 4.69) is 10.3 Å². The van der Waals surface area contributed by atoms with Crippen molar-refractivity contribution in [2.75, 3.05) is 13.1 Å². The van der Waals surface area contributed by atoms with Gasteiger partial charge in [0.15, 0.2) is 0 Å². The summed E-state index contributed by atoms with van der Waals surface area (Å²) in [6, 6.07) is 0. The summed E-state index contributed by atoms with van der Waals surface area (Å²) in [6.45, 7) is 1.54. The molecular formula is C9H13N3O. The molecule has 1 fully saturated rings. The molecule has 1 N–H and O–H groups in total. The Bertz CT molecular complexity index is 318. The molecule has 0 aromatic carbocycles. The number of ketones is 1. The number of aromatic nitrogens is 2.